The van der Waals surface area contributed by atoms with E-state index in [1.807, 2.05) is 0 Å². The Balaban J connectivity index is 3.22. The molecule has 0 aliphatic heterocycles. The molecule has 0 aromatic rings. The standard InChI is InChI=1S/C25H49NO2/c1-2-3-20-24(23-27)21-18-16-14-12-10-8-6-4-5-7-9-11-13-15-17-19-22-25(26)28/h4-5,24,27H,2-3,6-23H2,1H3,(H2,26,28)/b5-4-. The number of carbonyl (C=O) groups is 1. The van der Waals surface area contributed by atoms with E-state index in [-0.39, 0.29) is 5.91 Å². The molecule has 166 valence electrons. The minimum absolute atomic E-state index is 0.167. The van der Waals surface area contributed by atoms with Crippen molar-refractivity contribution in [1.29, 1.82) is 0 Å². The maximum absolute atomic E-state index is 10.6. The van der Waals surface area contributed by atoms with Gasteiger partial charge in [0.2, 0.25) is 5.91 Å². The predicted molar refractivity (Wildman–Crippen MR) is 122 cm³/mol. The molecule has 0 fully saturated rings. The molecule has 28 heavy (non-hydrogen) atoms. The molecule has 0 saturated carbocycles. The summed E-state index contributed by atoms with van der Waals surface area (Å²) < 4.78 is 0. The Morgan fingerprint density at radius 2 is 1.21 bits per heavy atom. The van der Waals surface area contributed by atoms with Gasteiger partial charge in [0, 0.05) is 13.0 Å². The smallest absolute Gasteiger partial charge is 0.217 e. The zero-order valence-electron chi connectivity index (χ0n) is 18.8. The summed E-state index contributed by atoms with van der Waals surface area (Å²) in [7, 11) is 0. The number of aliphatic hydroxyl groups excluding tert-OH is 1. The van der Waals surface area contributed by atoms with Crippen LogP contribution in [0.4, 0.5) is 0 Å². The van der Waals surface area contributed by atoms with Gasteiger partial charge in [-0.3, -0.25) is 4.79 Å². The summed E-state index contributed by atoms with van der Waals surface area (Å²) in [6.45, 7) is 2.60. The molecule has 0 rings (SSSR count). The number of amides is 1. The van der Waals surface area contributed by atoms with Crippen molar-refractivity contribution in [3.63, 3.8) is 0 Å². The first kappa shape index (κ1) is 27.2. The average Bonchev–Trinajstić information content (AvgIpc) is 2.69. The Labute approximate surface area is 175 Å². The zero-order chi connectivity index (χ0) is 20.7. The summed E-state index contributed by atoms with van der Waals surface area (Å²) in [6.07, 6.45) is 27.9. The van der Waals surface area contributed by atoms with Crippen molar-refractivity contribution in [3.05, 3.63) is 12.2 Å². The van der Waals surface area contributed by atoms with Gasteiger partial charge < -0.3 is 10.8 Å². The van der Waals surface area contributed by atoms with Crippen LogP contribution in [0.1, 0.15) is 129 Å². The van der Waals surface area contributed by atoms with Crippen molar-refractivity contribution in [2.45, 2.75) is 129 Å². The molecule has 0 aromatic carbocycles. The van der Waals surface area contributed by atoms with Crippen molar-refractivity contribution in [1.82, 2.24) is 0 Å². The van der Waals surface area contributed by atoms with E-state index in [1.165, 1.54) is 103 Å². The molecule has 0 aromatic heterocycles. The molecule has 1 amide bonds. The van der Waals surface area contributed by atoms with Gasteiger partial charge in [0.1, 0.15) is 0 Å². The molecule has 0 heterocycles. The molecule has 0 bridgehead atoms. The van der Waals surface area contributed by atoms with Crippen molar-refractivity contribution in [2.75, 3.05) is 6.61 Å². The second-order valence-electron chi connectivity index (χ2n) is 8.49. The molecule has 0 radical (unpaired) electrons. The van der Waals surface area contributed by atoms with Crippen molar-refractivity contribution < 1.29 is 9.90 Å². The summed E-state index contributed by atoms with van der Waals surface area (Å²) in [4.78, 5) is 10.6. The maximum Gasteiger partial charge on any atom is 0.217 e. The number of hydrogen-bond acceptors (Lipinski definition) is 2. The number of unbranched alkanes of at least 4 members (excludes halogenated alkanes) is 13. The molecular formula is C25H49NO2. The van der Waals surface area contributed by atoms with Crippen LogP contribution in [0.15, 0.2) is 12.2 Å². The van der Waals surface area contributed by atoms with E-state index >= 15 is 0 Å². The quantitative estimate of drug-likeness (QED) is 0.152. The van der Waals surface area contributed by atoms with Crippen LogP contribution in [-0.2, 0) is 4.79 Å². The molecule has 1 atom stereocenters. The monoisotopic (exact) mass is 395 g/mol. The first-order valence-corrected chi connectivity index (χ1v) is 12.2. The van der Waals surface area contributed by atoms with Crippen LogP contribution in [0.5, 0.6) is 0 Å². The van der Waals surface area contributed by atoms with Gasteiger partial charge >= 0.3 is 0 Å². The van der Waals surface area contributed by atoms with Crippen LogP contribution in [0.3, 0.4) is 0 Å². The zero-order valence-corrected chi connectivity index (χ0v) is 18.8. The Hall–Kier alpha value is -0.830. The minimum atomic E-state index is -0.167. The average molecular weight is 396 g/mol. The largest absolute Gasteiger partial charge is 0.396 e. The van der Waals surface area contributed by atoms with Crippen molar-refractivity contribution in [2.24, 2.45) is 11.7 Å². The molecule has 0 saturated heterocycles. The van der Waals surface area contributed by atoms with E-state index in [9.17, 15) is 9.90 Å². The topological polar surface area (TPSA) is 63.3 Å². The Bertz CT molecular complexity index is 354. The molecular weight excluding hydrogens is 346 g/mol. The van der Waals surface area contributed by atoms with Gasteiger partial charge in [0.25, 0.3) is 0 Å². The van der Waals surface area contributed by atoms with Gasteiger partial charge in [0.05, 0.1) is 0 Å². The fourth-order valence-electron chi connectivity index (χ4n) is 3.73. The van der Waals surface area contributed by atoms with Gasteiger partial charge in [-0.2, -0.15) is 0 Å². The van der Waals surface area contributed by atoms with Gasteiger partial charge in [-0.1, -0.05) is 89.7 Å². The SMILES string of the molecule is CCCCC(CO)CCCCCCCC/C=C\CCCCCCCCC(N)=O. The van der Waals surface area contributed by atoms with Crippen LogP contribution < -0.4 is 5.73 Å². The summed E-state index contributed by atoms with van der Waals surface area (Å²) >= 11 is 0. The summed E-state index contributed by atoms with van der Waals surface area (Å²) in [5.41, 5.74) is 5.13. The molecule has 3 heteroatoms. The highest BCUT2D eigenvalue weighted by molar-refractivity contribution is 5.73. The molecule has 0 aliphatic carbocycles. The van der Waals surface area contributed by atoms with E-state index in [2.05, 4.69) is 19.1 Å². The van der Waals surface area contributed by atoms with E-state index in [0.717, 1.165) is 12.8 Å². The van der Waals surface area contributed by atoms with Gasteiger partial charge in [-0.15, -0.1) is 0 Å². The summed E-state index contributed by atoms with van der Waals surface area (Å²) in [5, 5.41) is 9.38. The normalized spacial score (nSPS) is 12.6. The molecule has 1 unspecified atom stereocenters. The van der Waals surface area contributed by atoms with Gasteiger partial charge in [0.15, 0.2) is 0 Å². The van der Waals surface area contributed by atoms with Crippen LogP contribution in [0.2, 0.25) is 0 Å². The lowest BCUT2D eigenvalue weighted by molar-refractivity contribution is -0.118. The van der Waals surface area contributed by atoms with Crippen molar-refractivity contribution >= 4 is 5.91 Å². The number of primary amides is 1. The Kier molecular flexibility index (Phi) is 21.8. The lowest BCUT2D eigenvalue weighted by Crippen LogP contribution is -2.09. The van der Waals surface area contributed by atoms with Crippen LogP contribution in [0.25, 0.3) is 0 Å². The van der Waals surface area contributed by atoms with E-state index in [0.29, 0.717) is 18.9 Å². The molecule has 3 N–H and O–H groups in total. The number of hydrogen-bond donors (Lipinski definition) is 2. The number of carbonyl (C=O) groups excluding carboxylic acids is 1. The predicted octanol–water partition coefficient (Wildman–Crippen LogP) is 7.07. The molecule has 0 aliphatic rings. The first-order valence-electron chi connectivity index (χ1n) is 12.2. The number of aliphatic hydroxyl groups is 1. The highest BCUT2D eigenvalue weighted by Crippen LogP contribution is 2.17. The fourth-order valence-corrected chi connectivity index (χ4v) is 3.73. The summed E-state index contributed by atoms with van der Waals surface area (Å²) in [6, 6.07) is 0. The fraction of sp³-hybridized carbons (Fsp3) is 0.880. The Morgan fingerprint density at radius 1 is 0.750 bits per heavy atom. The van der Waals surface area contributed by atoms with E-state index < -0.39 is 0 Å². The number of rotatable bonds is 22. The van der Waals surface area contributed by atoms with Crippen LogP contribution in [-0.4, -0.2) is 17.6 Å². The second-order valence-corrected chi connectivity index (χ2v) is 8.49. The van der Waals surface area contributed by atoms with Crippen LogP contribution in [0, 0.1) is 5.92 Å². The maximum atomic E-state index is 10.6. The lowest BCUT2D eigenvalue weighted by Gasteiger charge is -2.13. The van der Waals surface area contributed by atoms with Crippen LogP contribution >= 0.6 is 0 Å². The molecule has 3 nitrogen and oxygen atoms in total. The first-order chi connectivity index (χ1) is 13.7. The van der Waals surface area contributed by atoms with E-state index in [1.54, 1.807) is 0 Å². The second kappa shape index (κ2) is 22.5. The number of allylic oxidation sites excluding steroid dienone is 2. The third kappa shape index (κ3) is 21.5. The van der Waals surface area contributed by atoms with Gasteiger partial charge in [-0.25, -0.2) is 0 Å². The van der Waals surface area contributed by atoms with Gasteiger partial charge in [-0.05, 0) is 50.9 Å². The van der Waals surface area contributed by atoms with Crippen molar-refractivity contribution in [3.8, 4) is 0 Å². The third-order valence-electron chi connectivity index (χ3n) is 5.67. The summed E-state index contributed by atoms with van der Waals surface area (Å²) in [5.74, 6) is 0.381. The highest BCUT2D eigenvalue weighted by Gasteiger charge is 2.06. The highest BCUT2D eigenvalue weighted by atomic mass is 16.3. The van der Waals surface area contributed by atoms with E-state index in [4.69, 9.17) is 5.73 Å². The Morgan fingerprint density at radius 3 is 1.71 bits per heavy atom. The molecule has 0 spiro atoms. The minimum Gasteiger partial charge on any atom is -0.396 e. The number of nitrogens with two attached hydrogens (primary N) is 1. The lowest BCUT2D eigenvalue weighted by atomic mass is 9.96. The third-order valence-corrected chi connectivity index (χ3v) is 5.67.